The molecule has 1 N–H and O–H groups in total. The molecule has 18 heavy (non-hydrogen) atoms. The Morgan fingerprint density at radius 3 is 3.06 bits per heavy atom. The smallest absolute Gasteiger partial charge is 0.137 e. The van der Waals surface area contributed by atoms with Gasteiger partial charge in [0.05, 0.1) is 11.6 Å². The first-order valence-electron chi connectivity index (χ1n) is 6.49. The molecule has 0 aliphatic carbocycles. The summed E-state index contributed by atoms with van der Waals surface area (Å²) in [6, 6.07) is 8.04. The van der Waals surface area contributed by atoms with E-state index in [0.29, 0.717) is 6.10 Å². The van der Waals surface area contributed by atoms with Gasteiger partial charge < -0.3 is 10.1 Å². The fourth-order valence-corrected chi connectivity index (χ4v) is 2.32. The van der Waals surface area contributed by atoms with E-state index in [1.54, 1.807) is 6.33 Å². The van der Waals surface area contributed by atoms with E-state index in [1.807, 2.05) is 24.3 Å². The van der Waals surface area contributed by atoms with Crippen LogP contribution < -0.4 is 5.32 Å². The Morgan fingerprint density at radius 2 is 2.17 bits per heavy atom. The summed E-state index contributed by atoms with van der Waals surface area (Å²) in [7, 11) is 0. The lowest BCUT2D eigenvalue weighted by atomic mass is 10.1. The van der Waals surface area contributed by atoms with Gasteiger partial charge in [0.2, 0.25) is 0 Å². The average Bonchev–Trinajstić information content (AvgIpc) is 2.46. The lowest BCUT2D eigenvalue weighted by Crippen LogP contribution is -2.27. The molecule has 1 unspecified atom stereocenters. The summed E-state index contributed by atoms with van der Waals surface area (Å²) >= 11 is 0. The van der Waals surface area contributed by atoms with E-state index in [-0.39, 0.29) is 0 Å². The predicted molar refractivity (Wildman–Crippen MR) is 71.6 cm³/mol. The number of rotatable bonds is 3. The van der Waals surface area contributed by atoms with E-state index >= 15 is 0 Å². The third kappa shape index (κ3) is 2.43. The molecular weight excluding hydrogens is 226 g/mol. The minimum absolute atomic E-state index is 0.312. The summed E-state index contributed by atoms with van der Waals surface area (Å²) in [5.41, 5.74) is 0.972. The van der Waals surface area contributed by atoms with Gasteiger partial charge in [-0.05, 0) is 31.4 Å². The molecule has 1 aromatic carbocycles. The third-order valence-corrected chi connectivity index (χ3v) is 3.31. The maximum Gasteiger partial charge on any atom is 0.137 e. The van der Waals surface area contributed by atoms with Gasteiger partial charge in [-0.15, -0.1) is 0 Å². The summed E-state index contributed by atoms with van der Waals surface area (Å²) in [5, 5.41) is 4.45. The number of nitrogens with zero attached hydrogens (tertiary/aromatic N) is 2. The Bertz CT molecular complexity index is 518. The fourth-order valence-electron chi connectivity index (χ4n) is 2.32. The second-order valence-corrected chi connectivity index (χ2v) is 4.61. The molecule has 4 nitrogen and oxygen atoms in total. The normalized spacial score (nSPS) is 19.9. The molecule has 3 rings (SSSR count). The van der Waals surface area contributed by atoms with Gasteiger partial charge in [0.25, 0.3) is 0 Å². The number of hydrogen-bond acceptors (Lipinski definition) is 4. The van der Waals surface area contributed by atoms with Crippen LogP contribution in [0.1, 0.15) is 19.3 Å². The number of anilines is 1. The SMILES string of the molecule is c1ccc2c(NCC3CCCCO3)ncnc2c1. The van der Waals surface area contributed by atoms with Gasteiger partial charge in [0.15, 0.2) is 0 Å². The van der Waals surface area contributed by atoms with Gasteiger partial charge in [0, 0.05) is 18.5 Å². The highest BCUT2D eigenvalue weighted by Crippen LogP contribution is 2.19. The van der Waals surface area contributed by atoms with E-state index < -0.39 is 0 Å². The Morgan fingerprint density at radius 1 is 1.22 bits per heavy atom. The Balaban J connectivity index is 1.74. The van der Waals surface area contributed by atoms with Crippen LogP contribution in [-0.4, -0.2) is 29.2 Å². The first kappa shape index (κ1) is 11.4. The van der Waals surface area contributed by atoms with Crippen molar-refractivity contribution < 1.29 is 4.74 Å². The summed E-state index contributed by atoms with van der Waals surface area (Å²) in [5.74, 6) is 0.898. The van der Waals surface area contributed by atoms with Gasteiger partial charge in [-0.1, -0.05) is 12.1 Å². The molecule has 0 saturated carbocycles. The van der Waals surface area contributed by atoms with Crippen molar-refractivity contribution in [2.24, 2.45) is 0 Å². The van der Waals surface area contributed by atoms with Gasteiger partial charge in [-0.2, -0.15) is 0 Å². The fraction of sp³-hybridized carbons (Fsp3) is 0.429. The van der Waals surface area contributed by atoms with Gasteiger partial charge in [-0.3, -0.25) is 0 Å². The maximum absolute atomic E-state index is 5.71. The highest BCUT2D eigenvalue weighted by atomic mass is 16.5. The van der Waals surface area contributed by atoms with Crippen LogP contribution in [0.2, 0.25) is 0 Å². The molecule has 0 radical (unpaired) electrons. The van der Waals surface area contributed by atoms with Crippen molar-refractivity contribution in [1.82, 2.24) is 9.97 Å². The largest absolute Gasteiger partial charge is 0.376 e. The predicted octanol–water partition coefficient (Wildman–Crippen LogP) is 2.61. The maximum atomic E-state index is 5.71. The molecule has 1 saturated heterocycles. The van der Waals surface area contributed by atoms with Crippen LogP contribution in [0.15, 0.2) is 30.6 Å². The van der Waals surface area contributed by atoms with E-state index in [2.05, 4.69) is 15.3 Å². The second kappa shape index (κ2) is 5.31. The molecule has 2 heterocycles. The molecule has 1 atom stereocenters. The van der Waals surface area contributed by atoms with Crippen molar-refractivity contribution in [3.63, 3.8) is 0 Å². The van der Waals surface area contributed by atoms with E-state index in [1.165, 1.54) is 12.8 Å². The number of benzene rings is 1. The lowest BCUT2D eigenvalue weighted by Gasteiger charge is -2.23. The standard InChI is InChI=1S/C14H17N3O/c1-2-7-13-12(6-1)14(17-10-16-13)15-9-11-5-3-4-8-18-11/h1-2,6-7,10-11H,3-5,8-9H2,(H,15,16,17). The monoisotopic (exact) mass is 243 g/mol. The van der Waals surface area contributed by atoms with Crippen molar-refractivity contribution in [3.05, 3.63) is 30.6 Å². The molecule has 1 aliphatic heterocycles. The molecular formula is C14H17N3O. The van der Waals surface area contributed by atoms with Crippen molar-refractivity contribution in [2.75, 3.05) is 18.5 Å². The van der Waals surface area contributed by atoms with Crippen molar-refractivity contribution in [2.45, 2.75) is 25.4 Å². The quantitative estimate of drug-likeness (QED) is 0.900. The van der Waals surface area contributed by atoms with Crippen molar-refractivity contribution >= 4 is 16.7 Å². The molecule has 2 aromatic rings. The van der Waals surface area contributed by atoms with Gasteiger partial charge in [-0.25, -0.2) is 9.97 Å². The van der Waals surface area contributed by atoms with Crippen LogP contribution in [0.3, 0.4) is 0 Å². The average molecular weight is 243 g/mol. The number of ether oxygens (including phenoxy) is 1. The zero-order valence-electron chi connectivity index (χ0n) is 10.3. The van der Waals surface area contributed by atoms with Crippen molar-refractivity contribution in [1.29, 1.82) is 0 Å². The Kier molecular flexibility index (Phi) is 3.37. The molecule has 94 valence electrons. The zero-order chi connectivity index (χ0) is 12.2. The van der Waals surface area contributed by atoms with E-state index in [9.17, 15) is 0 Å². The minimum Gasteiger partial charge on any atom is -0.376 e. The van der Waals surface area contributed by atoms with Crippen molar-refractivity contribution in [3.8, 4) is 0 Å². The second-order valence-electron chi connectivity index (χ2n) is 4.61. The molecule has 0 amide bonds. The van der Waals surface area contributed by atoms with Gasteiger partial charge >= 0.3 is 0 Å². The summed E-state index contributed by atoms with van der Waals surface area (Å²) in [6.45, 7) is 1.71. The summed E-state index contributed by atoms with van der Waals surface area (Å²) in [4.78, 5) is 8.57. The van der Waals surface area contributed by atoms with Gasteiger partial charge in [0.1, 0.15) is 12.1 Å². The topological polar surface area (TPSA) is 47.0 Å². The van der Waals surface area contributed by atoms with E-state index in [0.717, 1.165) is 36.3 Å². The summed E-state index contributed by atoms with van der Waals surface area (Å²) < 4.78 is 5.71. The third-order valence-electron chi connectivity index (χ3n) is 3.31. The number of hydrogen-bond donors (Lipinski definition) is 1. The summed E-state index contributed by atoms with van der Waals surface area (Å²) in [6.07, 6.45) is 5.50. The first-order valence-corrected chi connectivity index (χ1v) is 6.49. The van der Waals surface area contributed by atoms with Crippen LogP contribution >= 0.6 is 0 Å². The van der Waals surface area contributed by atoms with Crippen LogP contribution in [0.25, 0.3) is 10.9 Å². The zero-order valence-corrected chi connectivity index (χ0v) is 10.3. The minimum atomic E-state index is 0.312. The first-order chi connectivity index (χ1) is 8.93. The molecule has 0 spiro atoms. The highest BCUT2D eigenvalue weighted by Gasteiger charge is 2.14. The Labute approximate surface area is 106 Å². The molecule has 1 aliphatic rings. The molecule has 0 bridgehead atoms. The molecule has 1 aromatic heterocycles. The highest BCUT2D eigenvalue weighted by molar-refractivity contribution is 5.88. The number of aromatic nitrogens is 2. The molecule has 1 fully saturated rings. The number of fused-ring (bicyclic) bond motifs is 1. The van der Waals surface area contributed by atoms with Crippen LogP contribution in [0, 0.1) is 0 Å². The molecule has 4 heteroatoms. The van der Waals surface area contributed by atoms with Crippen LogP contribution in [-0.2, 0) is 4.74 Å². The number of para-hydroxylation sites is 1. The van der Waals surface area contributed by atoms with Crippen LogP contribution in [0.4, 0.5) is 5.82 Å². The van der Waals surface area contributed by atoms with E-state index in [4.69, 9.17) is 4.74 Å². The Hall–Kier alpha value is -1.68. The number of nitrogens with one attached hydrogen (secondary N) is 1. The van der Waals surface area contributed by atoms with Crippen LogP contribution in [0.5, 0.6) is 0 Å². The lowest BCUT2D eigenvalue weighted by molar-refractivity contribution is 0.0247.